The van der Waals surface area contributed by atoms with Crippen LogP contribution in [0.5, 0.6) is 0 Å². The quantitative estimate of drug-likeness (QED) is 0.437. The molecule has 1 fully saturated rings. The fourth-order valence-corrected chi connectivity index (χ4v) is 4.68. The summed E-state index contributed by atoms with van der Waals surface area (Å²) in [7, 11) is 1.49. The molecule has 1 saturated heterocycles. The number of benzene rings is 1. The molecule has 1 aromatic carbocycles. The topological polar surface area (TPSA) is 124 Å². The fourth-order valence-electron chi connectivity index (χ4n) is 4.68. The van der Waals surface area contributed by atoms with Gasteiger partial charge in [-0.3, -0.25) is 14.4 Å². The number of fused-ring (bicyclic) bond motifs is 1. The Labute approximate surface area is 208 Å². The van der Waals surface area contributed by atoms with Gasteiger partial charge in [0.2, 0.25) is 5.91 Å². The summed E-state index contributed by atoms with van der Waals surface area (Å²) in [6, 6.07) is 4.10. The maximum atomic E-state index is 13.8. The van der Waals surface area contributed by atoms with Gasteiger partial charge < -0.3 is 30.4 Å². The molecule has 0 bridgehead atoms. The van der Waals surface area contributed by atoms with Crippen LogP contribution in [0.1, 0.15) is 52.1 Å². The maximum Gasteiger partial charge on any atom is 0.256 e. The van der Waals surface area contributed by atoms with Crippen LogP contribution in [0.25, 0.3) is 11.6 Å². The minimum atomic E-state index is -0.497. The number of piperidine rings is 1. The number of carbonyl (C=O) groups excluding carboxylic acids is 3. The van der Waals surface area contributed by atoms with Crippen molar-refractivity contribution in [1.29, 1.82) is 0 Å². The van der Waals surface area contributed by atoms with Gasteiger partial charge in [-0.15, -0.1) is 0 Å². The third-order valence-corrected chi connectivity index (χ3v) is 6.80. The summed E-state index contributed by atoms with van der Waals surface area (Å²) in [5.41, 5.74) is 3.58. The van der Waals surface area contributed by atoms with E-state index in [1.165, 1.54) is 25.3 Å². The van der Waals surface area contributed by atoms with Gasteiger partial charge in [-0.2, -0.15) is 0 Å². The minimum Gasteiger partial charge on any atom is -0.393 e. The second-order valence-corrected chi connectivity index (χ2v) is 9.25. The van der Waals surface area contributed by atoms with E-state index in [2.05, 4.69) is 15.6 Å². The number of H-pyrrole nitrogens is 1. The van der Waals surface area contributed by atoms with Crippen molar-refractivity contribution in [2.24, 2.45) is 0 Å². The SMILES string of the molecule is COC(CNC(=O)c1c(C)[nH]c(C=C2C(=O)Nc3ccc(F)cc32)c1C)CC(=O)N1CCC(O)CC1. The first-order valence-corrected chi connectivity index (χ1v) is 12.0. The van der Waals surface area contributed by atoms with Gasteiger partial charge in [0.15, 0.2) is 0 Å². The number of nitrogens with zero attached hydrogens (tertiary/aromatic N) is 1. The summed E-state index contributed by atoms with van der Waals surface area (Å²) in [5.74, 6) is -1.19. The number of aliphatic hydroxyl groups is 1. The predicted octanol–water partition coefficient (Wildman–Crippen LogP) is 2.38. The van der Waals surface area contributed by atoms with Gasteiger partial charge in [0.05, 0.1) is 29.8 Å². The van der Waals surface area contributed by atoms with Gasteiger partial charge in [0.1, 0.15) is 5.82 Å². The van der Waals surface area contributed by atoms with Crippen molar-refractivity contribution in [2.75, 3.05) is 32.1 Å². The second-order valence-electron chi connectivity index (χ2n) is 9.25. The summed E-state index contributed by atoms with van der Waals surface area (Å²) < 4.78 is 19.2. The number of nitrogens with one attached hydrogen (secondary N) is 3. The number of amides is 3. The molecule has 3 amide bonds. The number of hydrogen-bond acceptors (Lipinski definition) is 5. The Balaban J connectivity index is 1.44. The minimum absolute atomic E-state index is 0.0718. The zero-order valence-electron chi connectivity index (χ0n) is 20.6. The standard InChI is InChI=1S/C26H31FN4O5/c1-14-22(12-20-19-10-16(27)4-5-21(19)30-25(20)34)29-15(2)24(14)26(35)28-13-18(36-3)11-23(33)31-8-6-17(32)7-9-31/h4-5,10,12,17-18,29,32H,6-9,11,13H2,1-3H3,(H,28,35)(H,30,34). The van der Waals surface area contributed by atoms with E-state index < -0.39 is 11.9 Å². The number of rotatable bonds is 7. The smallest absolute Gasteiger partial charge is 0.256 e. The molecule has 0 spiro atoms. The molecule has 10 heteroatoms. The van der Waals surface area contributed by atoms with E-state index in [4.69, 9.17) is 4.74 Å². The van der Waals surface area contributed by atoms with Crippen LogP contribution in [0, 0.1) is 19.7 Å². The molecule has 0 saturated carbocycles. The van der Waals surface area contributed by atoms with E-state index in [1.807, 2.05) is 0 Å². The highest BCUT2D eigenvalue weighted by Crippen LogP contribution is 2.34. The molecule has 36 heavy (non-hydrogen) atoms. The van der Waals surface area contributed by atoms with Crippen molar-refractivity contribution in [2.45, 2.75) is 45.3 Å². The Bertz CT molecular complexity index is 1210. The molecule has 1 aromatic heterocycles. The molecule has 2 aliphatic heterocycles. The first kappa shape index (κ1) is 25.6. The van der Waals surface area contributed by atoms with E-state index in [0.717, 1.165) is 0 Å². The first-order chi connectivity index (χ1) is 17.2. The van der Waals surface area contributed by atoms with Crippen molar-refractivity contribution in [3.05, 3.63) is 52.1 Å². The van der Waals surface area contributed by atoms with E-state index in [9.17, 15) is 23.9 Å². The van der Waals surface area contributed by atoms with Crippen molar-refractivity contribution in [1.82, 2.24) is 15.2 Å². The molecule has 9 nitrogen and oxygen atoms in total. The molecule has 1 atom stereocenters. The van der Waals surface area contributed by atoms with E-state index in [-0.39, 0.29) is 36.8 Å². The molecule has 0 aliphatic carbocycles. The molecule has 4 N–H and O–H groups in total. The summed E-state index contributed by atoms with van der Waals surface area (Å²) in [4.78, 5) is 42.9. The number of ether oxygens (including phenoxy) is 1. The molecular weight excluding hydrogens is 467 g/mol. The van der Waals surface area contributed by atoms with Crippen LogP contribution in [-0.4, -0.2) is 71.7 Å². The molecule has 4 rings (SSSR count). The Hall–Kier alpha value is -3.50. The Morgan fingerprint density at radius 1 is 1.31 bits per heavy atom. The average Bonchev–Trinajstić information content (AvgIpc) is 3.31. The summed E-state index contributed by atoms with van der Waals surface area (Å²) >= 11 is 0. The van der Waals surface area contributed by atoms with Crippen molar-refractivity contribution in [3.63, 3.8) is 0 Å². The highest BCUT2D eigenvalue weighted by Gasteiger charge is 2.27. The highest BCUT2D eigenvalue weighted by molar-refractivity contribution is 6.34. The van der Waals surface area contributed by atoms with E-state index in [0.29, 0.717) is 65.3 Å². The summed E-state index contributed by atoms with van der Waals surface area (Å²) in [5, 5.41) is 15.2. The van der Waals surface area contributed by atoms with Gasteiger partial charge in [-0.1, -0.05) is 0 Å². The number of halogens is 1. The van der Waals surface area contributed by atoms with Crippen molar-refractivity contribution >= 4 is 35.1 Å². The number of methoxy groups -OCH3 is 1. The molecule has 2 aromatic rings. The Kier molecular flexibility index (Phi) is 7.56. The van der Waals surface area contributed by atoms with Crippen LogP contribution in [0.2, 0.25) is 0 Å². The summed E-state index contributed by atoms with van der Waals surface area (Å²) in [6.45, 7) is 4.70. The van der Waals surface area contributed by atoms with Gasteiger partial charge in [-0.25, -0.2) is 4.39 Å². The monoisotopic (exact) mass is 498 g/mol. The zero-order chi connectivity index (χ0) is 26.0. The number of carbonyl (C=O) groups is 3. The molecule has 0 radical (unpaired) electrons. The predicted molar refractivity (Wildman–Crippen MR) is 133 cm³/mol. The Morgan fingerprint density at radius 3 is 2.72 bits per heavy atom. The van der Waals surface area contributed by atoms with Crippen LogP contribution in [0.4, 0.5) is 10.1 Å². The van der Waals surface area contributed by atoms with Crippen molar-refractivity contribution in [3.8, 4) is 0 Å². The van der Waals surface area contributed by atoms with Gasteiger partial charge in [0, 0.05) is 49.4 Å². The van der Waals surface area contributed by atoms with Crippen LogP contribution >= 0.6 is 0 Å². The van der Waals surface area contributed by atoms with E-state index >= 15 is 0 Å². The lowest BCUT2D eigenvalue weighted by Crippen LogP contribution is -2.43. The van der Waals surface area contributed by atoms with E-state index in [1.54, 1.807) is 24.8 Å². The molecule has 1 unspecified atom stereocenters. The lowest BCUT2D eigenvalue weighted by atomic mass is 10.0. The van der Waals surface area contributed by atoms with Gasteiger partial charge >= 0.3 is 0 Å². The van der Waals surface area contributed by atoms with Crippen molar-refractivity contribution < 1.29 is 28.6 Å². The third-order valence-electron chi connectivity index (χ3n) is 6.80. The first-order valence-electron chi connectivity index (χ1n) is 12.0. The number of aromatic amines is 1. The largest absolute Gasteiger partial charge is 0.393 e. The number of likely N-dealkylation sites (tertiary alicyclic amines) is 1. The van der Waals surface area contributed by atoms with Gasteiger partial charge in [0.25, 0.3) is 11.8 Å². The number of aromatic nitrogens is 1. The molecule has 192 valence electrons. The highest BCUT2D eigenvalue weighted by atomic mass is 19.1. The maximum absolute atomic E-state index is 13.8. The fraction of sp³-hybridized carbons (Fsp3) is 0.423. The number of anilines is 1. The van der Waals surface area contributed by atoms with Crippen LogP contribution in [0.15, 0.2) is 18.2 Å². The van der Waals surface area contributed by atoms with Crippen LogP contribution < -0.4 is 10.6 Å². The van der Waals surface area contributed by atoms with Gasteiger partial charge in [-0.05, 0) is 56.5 Å². The lowest BCUT2D eigenvalue weighted by Gasteiger charge is -2.30. The molecule has 3 heterocycles. The average molecular weight is 499 g/mol. The number of hydrogen-bond donors (Lipinski definition) is 4. The van der Waals surface area contributed by atoms with Crippen LogP contribution in [-0.2, 0) is 14.3 Å². The molecular formula is C26H31FN4O5. The molecule has 2 aliphatic rings. The number of aryl methyl sites for hydroxylation is 1. The lowest BCUT2D eigenvalue weighted by molar-refractivity contribution is -0.135. The zero-order valence-corrected chi connectivity index (χ0v) is 20.6. The normalized spacial score (nSPS) is 17.8. The second kappa shape index (κ2) is 10.6. The van der Waals surface area contributed by atoms with Crippen LogP contribution in [0.3, 0.4) is 0 Å². The Morgan fingerprint density at radius 2 is 2.03 bits per heavy atom. The summed E-state index contributed by atoms with van der Waals surface area (Å²) in [6.07, 6.45) is 2.01. The third kappa shape index (κ3) is 5.34. The number of aliphatic hydroxyl groups excluding tert-OH is 1.